The average Bonchev–Trinajstić information content (AvgIpc) is 3.11. The van der Waals surface area contributed by atoms with E-state index in [1.54, 1.807) is 0 Å². The van der Waals surface area contributed by atoms with Gasteiger partial charge in [0.1, 0.15) is 7.05 Å². The maximum atomic E-state index is 2.59. The van der Waals surface area contributed by atoms with E-state index in [-0.39, 0.29) is 5.41 Å². The summed E-state index contributed by atoms with van der Waals surface area (Å²) in [5, 5.41) is 6.93. The summed E-state index contributed by atoms with van der Waals surface area (Å²) in [4.78, 5) is 0. The zero-order chi connectivity index (χ0) is 23.4. The molecule has 3 heterocycles. The lowest BCUT2D eigenvalue weighted by Crippen LogP contribution is -2.29. The molecule has 2 heteroatoms. The summed E-state index contributed by atoms with van der Waals surface area (Å²) in [6.07, 6.45) is 3.30. The van der Waals surface area contributed by atoms with Crippen LogP contribution in [0, 0.1) is 33.1 Å². The summed E-state index contributed by atoms with van der Waals surface area (Å²) in [5.41, 5.74) is 12.7. The summed E-state index contributed by atoms with van der Waals surface area (Å²) in [6.45, 7) is 16.2. The van der Waals surface area contributed by atoms with Crippen LogP contribution in [0.5, 0.6) is 0 Å². The smallest absolute Gasteiger partial charge is 0.224 e. The van der Waals surface area contributed by atoms with Crippen LogP contribution in [0.25, 0.3) is 49.0 Å². The quantitative estimate of drug-likeness (QED) is 0.143. The van der Waals surface area contributed by atoms with Crippen molar-refractivity contribution < 1.29 is 4.57 Å². The van der Waals surface area contributed by atoms with E-state index >= 15 is 0 Å². The van der Waals surface area contributed by atoms with Gasteiger partial charge in [-0.05, 0) is 84.9 Å². The lowest BCUT2D eigenvalue weighted by atomic mass is 9.85. The fourth-order valence-corrected chi connectivity index (χ4v) is 6.20. The molecule has 0 N–H and O–H groups in total. The summed E-state index contributed by atoms with van der Waals surface area (Å²) < 4.78 is 4.93. The number of fused-ring (bicyclic) bond motifs is 6. The van der Waals surface area contributed by atoms with Crippen LogP contribution in [0.3, 0.4) is 0 Å². The van der Waals surface area contributed by atoms with Crippen molar-refractivity contribution in [3.63, 3.8) is 0 Å². The minimum absolute atomic E-state index is 0.217. The van der Waals surface area contributed by atoms with Gasteiger partial charge in [-0.25, -0.2) is 4.57 Å². The number of para-hydroxylation sites is 1. The molecule has 0 bridgehead atoms. The van der Waals surface area contributed by atoms with Crippen molar-refractivity contribution in [2.45, 2.75) is 54.9 Å². The van der Waals surface area contributed by atoms with E-state index in [1.165, 1.54) is 76.8 Å². The van der Waals surface area contributed by atoms with Crippen LogP contribution in [-0.2, 0) is 13.5 Å². The summed E-state index contributed by atoms with van der Waals surface area (Å²) in [6, 6.07) is 13.8. The molecule has 0 spiro atoms. The highest BCUT2D eigenvalue weighted by Gasteiger charge is 2.28. The number of benzene rings is 3. The number of rotatable bonds is 1. The lowest BCUT2D eigenvalue weighted by molar-refractivity contribution is -0.643. The van der Waals surface area contributed by atoms with Crippen LogP contribution >= 0.6 is 0 Å². The first-order valence-corrected chi connectivity index (χ1v) is 12.1. The van der Waals surface area contributed by atoms with Gasteiger partial charge >= 0.3 is 0 Å². The van der Waals surface area contributed by atoms with Gasteiger partial charge < -0.3 is 4.40 Å². The zero-order valence-corrected chi connectivity index (χ0v) is 21.1. The van der Waals surface area contributed by atoms with E-state index in [4.69, 9.17) is 0 Å². The molecule has 0 aliphatic heterocycles. The first-order valence-electron chi connectivity index (χ1n) is 12.1. The molecule has 0 atom stereocenters. The first-order chi connectivity index (χ1) is 15.6. The molecule has 0 unspecified atom stereocenters. The Balaban J connectivity index is 2.07. The number of aryl methyl sites for hydroxylation is 3. The zero-order valence-electron chi connectivity index (χ0n) is 21.1. The van der Waals surface area contributed by atoms with Gasteiger partial charge in [-0.3, -0.25) is 0 Å². The van der Waals surface area contributed by atoms with E-state index in [1.807, 2.05) is 0 Å². The summed E-state index contributed by atoms with van der Waals surface area (Å²) >= 11 is 0. The van der Waals surface area contributed by atoms with E-state index in [0.29, 0.717) is 0 Å². The molecule has 2 nitrogen and oxygen atoms in total. The minimum Gasteiger partial charge on any atom is -0.307 e. The Kier molecular flexibility index (Phi) is 4.01. The second-order valence-electron chi connectivity index (χ2n) is 11.3. The Morgan fingerprint density at radius 3 is 2.21 bits per heavy atom. The predicted octanol–water partition coefficient (Wildman–Crippen LogP) is 7.64. The van der Waals surface area contributed by atoms with Crippen LogP contribution in [0.15, 0.2) is 42.6 Å². The standard InChI is InChI=1S/C31H33N2/c1-17-18(2)20(4)28-25(19(17)3)29-27-21(13-14-32(29)8)15-22(16-31(5,6)7)26-23-11-9-10-12-24(23)33(28)30(26)27/h9-15H,16H2,1-8H3/q+1. The number of pyridine rings is 2. The van der Waals surface area contributed by atoms with Gasteiger partial charge in [0.05, 0.1) is 27.3 Å². The molecule has 0 amide bonds. The monoisotopic (exact) mass is 433 g/mol. The van der Waals surface area contributed by atoms with Crippen LogP contribution < -0.4 is 4.57 Å². The van der Waals surface area contributed by atoms with Gasteiger partial charge in [0.15, 0.2) is 6.20 Å². The van der Waals surface area contributed by atoms with Gasteiger partial charge in [-0.1, -0.05) is 39.0 Å². The van der Waals surface area contributed by atoms with Gasteiger partial charge in [0.2, 0.25) is 5.52 Å². The largest absolute Gasteiger partial charge is 0.307 e. The molecule has 6 rings (SSSR count). The molecule has 0 aliphatic rings. The van der Waals surface area contributed by atoms with Gasteiger partial charge in [0, 0.05) is 16.8 Å². The molecule has 6 aromatic rings. The molecule has 0 radical (unpaired) electrons. The Morgan fingerprint density at radius 2 is 1.48 bits per heavy atom. The van der Waals surface area contributed by atoms with Crippen molar-refractivity contribution in [3.05, 3.63) is 70.4 Å². The molecule has 3 aromatic heterocycles. The normalized spacial score (nSPS) is 13.0. The highest BCUT2D eigenvalue weighted by Crippen LogP contribution is 2.45. The fourth-order valence-electron chi connectivity index (χ4n) is 6.20. The Hall–Kier alpha value is -3.13. The predicted molar refractivity (Wildman–Crippen MR) is 142 cm³/mol. The van der Waals surface area contributed by atoms with Gasteiger partial charge in [0.25, 0.3) is 0 Å². The van der Waals surface area contributed by atoms with Crippen molar-refractivity contribution in [1.82, 2.24) is 4.40 Å². The number of nitrogens with zero attached hydrogens (tertiary/aromatic N) is 2. The topological polar surface area (TPSA) is 8.29 Å². The van der Waals surface area contributed by atoms with Crippen LogP contribution in [0.4, 0.5) is 0 Å². The van der Waals surface area contributed by atoms with Crippen molar-refractivity contribution in [1.29, 1.82) is 0 Å². The van der Waals surface area contributed by atoms with E-state index in [0.717, 1.165) is 6.42 Å². The van der Waals surface area contributed by atoms with Gasteiger partial charge in [-0.2, -0.15) is 0 Å². The van der Waals surface area contributed by atoms with E-state index in [9.17, 15) is 0 Å². The number of aromatic nitrogens is 2. The number of hydrogen-bond acceptors (Lipinski definition) is 0. The number of hydrogen-bond donors (Lipinski definition) is 0. The third-order valence-electron chi connectivity index (χ3n) is 7.95. The Labute approximate surface area is 195 Å². The minimum atomic E-state index is 0.217. The maximum Gasteiger partial charge on any atom is 0.224 e. The molecule has 0 saturated carbocycles. The molecule has 33 heavy (non-hydrogen) atoms. The Morgan fingerprint density at radius 1 is 0.788 bits per heavy atom. The lowest BCUT2D eigenvalue weighted by Gasteiger charge is -2.21. The summed E-state index contributed by atoms with van der Waals surface area (Å²) in [5.74, 6) is 0. The second kappa shape index (κ2) is 6.47. The summed E-state index contributed by atoms with van der Waals surface area (Å²) in [7, 11) is 2.20. The highest BCUT2D eigenvalue weighted by atomic mass is 15.0. The first kappa shape index (κ1) is 20.5. The van der Waals surface area contributed by atoms with Crippen molar-refractivity contribution in [2.24, 2.45) is 12.5 Å². The molecule has 3 aromatic carbocycles. The molecule has 0 aliphatic carbocycles. The van der Waals surface area contributed by atoms with Crippen LogP contribution in [-0.4, -0.2) is 4.40 Å². The van der Waals surface area contributed by atoms with Crippen molar-refractivity contribution in [2.75, 3.05) is 0 Å². The average molecular weight is 434 g/mol. The molecule has 0 fully saturated rings. The maximum absolute atomic E-state index is 2.59. The van der Waals surface area contributed by atoms with Crippen LogP contribution in [0.1, 0.15) is 48.6 Å². The van der Waals surface area contributed by atoms with E-state index in [2.05, 4.69) is 107 Å². The molecular formula is C31H33N2+. The fraction of sp³-hybridized carbons (Fsp3) is 0.323. The Bertz CT molecular complexity index is 1760. The van der Waals surface area contributed by atoms with Crippen molar-refractivity contribution in [3.8, 4) is 0 Å². The van der Waals surface area contributed by atoms with Gasteiger partial charge in [-0.15, -0.1) is 0 Å². The highest BCUT2D eigenvalue weighted by molar-refractivity contribution is 6.28. The molecule has 0 saturated heterocycles. The second-order valence-corrected chi connectivity index (χ2v) is 11.3. The SMILES string of the molecule is Cc1c(C)c(C)c2c(c1C)c1c3c(cc[n+]1C)cc(CC(C)(C)C)c1c4ccccc4n2c13. The third kappa shape index (κ3) is 2.58. The third-order valence-corrected chi connectivity index (χ3v) is 7.95. The van der Waals surface area contributed by atoms with E-state index < -0.39 is 0 Å². The van der Waals surface area contributed by atoms with Crippen LogP contribution in [0.2, 0.25) is 0 Å². The molecule has 166 valence electrons. The molecular weight excluding hydrogens is 400 g/mol. The van der Waals surface area contributed by atoms with Crippen molar-refractivity contribution >= 4 is 49.0 Å².